The van der Waals surface area contributed by atoms with Crippen LogP contribution in [0.3, 0.4) is 0 Å². The van der Waals surface area contributed by atoms with Crippen molar-refractivity contribution >= 4 is 23.5 Å². The van der Waals surface area contributed by atoms with Gasteiger partial charge in [-0.05, 0) is 36.4 Å². The summed E-state index contributed by atoms with van der Waals surface area (Å²) in [5.41, 5.74) is 1.42. The van der Waals surface area contributed by atoms with Gasteiger partial charge in [-0.25, -0.2) is 4.68 Å². The van der Waals surface area contributed by atoms with Crippen molar-refractivity contribution < 1.29 is 14.3 Å². The van der Waals surface area contributed by atoms with Crippen LogP contribution in [0.5, 0.6) is 5.75 Å². The van der Waals surface area contributed by atoms with Crippen molar-refractivity contribution in [2.75, 3.05) is 17.7 Å². The summed E-state index contributed by atoms with van der Waals surface area (Å²) < 4.78 is 6.61. The first-order valence-electron chi connectivity index (χ1n) is 8.41. The van der Waals surface area contributed by atoms with E-state index in [9.17, 15) is 9.59 Å². The van der Waals surface area contributed by atoms with Gasteiger partial charge in [-0.1, -0.05) is 18.2 Å². The van der Waals surface area contributed by atoms with Crippen LogP contribution in [0, 0.1) is 0 Å². The molecule has 0 saturated heterocycles. The van der Waals surface area contributed by atoms with Crippen LogP contribution in [-0.4, -0.2) is 33.7 Å². The molecule has 2 N–H and O–H groups in total. The number of rotatable bonds is 4. The minimum absolute atomic E-state index is 0.00290. The second-order valence-electron chi connectivity index (χ2n) is 6.06. The van der Waals surface area contributed by atoms with Gasteiger partial charge in [0.1, 0.15) is 11.8 Å². The van der Waals surface area contributed by atoms with Gasteiger partial charge in [0.15, 0.2) is 5.82 Å². The molecule has 2 amide bonds. The Labute approximate surface area is 155 Å². The molecule has 1 aliphatic rings. The number of hydrogen-bond acceptors (Lipinski definition) is 5. The fourth-order valence-electron chi connectivity index (χ4n) is 2.88. The van der Waals surface area contributed by atoms with Crippen molar-refractivity contribution in [3.05, 3.63) is 54.6 Å². The number of ether oxygens (including phenoxy) is 1. The van der Waals surface area contributed by atoms with Crippen LogP contribution < -0.4 is 15.4 Å². The number of nitrogens with one attached hydrogen (secondary N) is 2. The largest absolute Gasteiger partial charge is 0.497 e. The number of anilines is 2. The lowest BCUT2D eigenvalue weighted by atomic mass is 10.1. The normalized spacial score (nSPS) is 15.6. The molecule has 4 rings (SSSR count). The van der Waals surface area contributed by atoms with Gasteiger partial charge in [0, 0.05) is 11.3 Å². The summed E-state index contributed by atoms with van der Waals surface area (Å²) in [7, 11) is 1.59. The number of para-hydroxylation sites is 1. The summed E-state index contributed by atoms with van der Waals surface area (Å²) in [5, 5.41) is 9.92. The van der Waals surface area contributed by atoms with Crippen molar-refractivity contribution in [2.24, 2.45) is 0 Å². The quantitative estimate of drug-likeness (QED) is 0.742. The summed E-state index contributed by atoms with van der Waals surface area (Å²) in [4.78, 5) is 29.1. The summed E-state index contributed by atoms with van der Waals surface area (Å²) in [6.45, 7) is 0. The number of benzene rings is 2. The Morgan fingerprint density at radius 2 is 1.93 bits per heavy atom. The standard InChI is InChI=1S/C19H17N5O3/c1-27-14-9-7-12(8-10-14)17-22-19-21-16(25)11-15(24(19)23-17)18(26)20-13-5-3-2-4-6-13/h2-10,15H,11H2,1H3,(H,20,26)(H,21,22,23,25). The van der Waals surface area contributed by atoms with Crippen LogP contribution >= 0.6 is 0 Å². The molecule has 2 heterocycles. The maximum Gasteiger partial charge on any atom is 0.249 e. The highest BCUT2D eigenvalue weighted by molar-refractivity contribution is 6.00. The molecule has 1 unspecified atom stereocenters. The summed E-state index contributed by atoms with van der Waals surface area (Å²) in [6.07, 6.45) is -0.00290. The van der Waals surface area contributed by atoms with E-state index in [4.69, 9.17) is 4.74 Å². The first kappa shape index (κ1) is 16.8. The zero-order valence-corrected chi connectivity index (χ0v) is 14.5. The van der Waals surface area contributed by atoms with Crippen molar-refractivity contribution in [1.29, 1.82) is 0 Å². The van der Waals surface area contributed by atoms with E-state index in [0.29, 0.717) is 11.5 Å². The van der Waals surface area contributed by atoms with Gasteiger partial charge in [-0.2, -0.15) is 4.98 Å². The molecule has 0 spiro atoms. The fraction of sp³-hybridized carbons (Fsp3) is 0.158. The molecule has 3 aromatic rings. The van der Waals surface area contributed by atoms with E-state index in [1.807, 2.05) is 30.3 Å². The number of carbonyl (C=O) groups excluding carboxylic acids is 2. The predicted molar refractivity (Wildman–Crippen MR) is 99.4 cm³/mol. The molecule has 136 valence electrons. The number of nitrogens with zero attached hydrogens (tertiary/aromatic N) is 3. The molecule has 1 aliphatic heterocycles. The zero-order valence-electron chi connectivity index (χ0n) is 14.5. The van der Waals surface area contributed by atoms with Crippen LogP contribution in [-0.2, 0) is 9.59 Å². The third-order valence-corrected chi connectivity index (χ3v) is 4.25. The van der Waals surface area contributed by atoms with Gasteiger partial charge >= 0.3 is 0 Å². The first-order valence-corrected chi connectivity index (χ1v) is 8.41. The lowest BCUT2D eigenvalue weighted by Gasteiger charge is -2.22. The number of hydrogen-bond donors (Lipinski definition) is 2. The maximum absolute atomic E-state index is 12.7. The van der Waals surface area contributed by atoms with E-state index in [1.165, 1.54) is 4.68 Å². The predicted octanol–water partition coefficient (Wildman–Crippen LogP) is 2.48. The molecular weight excluding hydrogens is 346 g/mol. The number of methoxy groups -OCH3 is 1. The second kappa shape index (κ2) is 6.91. The third-order valence-electron chi connectivity index (χ3n) is 4.25. The number of amides is 2. The van der Waals surface area contributed by atoms with Gasteiger partial charge in [0.25, 0.3) is 0 Å². The number of carbonyl (C=O) groups is 2. The second-order valence-corrected chi connectivity index (χ2v) is 6.06. The van der Waals surface area contributed by atoms with Crippen LogP contribution in [0.4, 0.5) is 11.6 Å². The highest BCUT2D eigenvalue weighted by Gasteiger charge is 2.33. The molecule has 0 fully saturated rings. The van der Waals surface area contributed by atoms with E-state index in [2.05, 4.69) is 20.7 Å². The Bertz CT molecular complexity index is 982. The minimum atomic E-state index is -0.770. The number of fused-ring (bicyclic) bond motifs is 1. The molecule has 1 aromatic heterocycles. The highest BCUT2D eigenvalue weighted by Crippen LogP contribution is 2.28. The Hall–Kier alpha value is -3.68. The molecule has 2 aromatic carbocycles. The SMILES string of the molecule is COc1ccc(-c2nc3n(n2)C(C(=O)Nc2ccccc2)CC(=O)N3)cc1. The van der Waals surface area contributed by atoms with Gasteiger partial charge in [-0.3, -0.25) is 14.9 Å². The van der Waals surface area contributed by atoms with Crippen molar-refractivity contribution in [3.63, 3.8) is 0 Å². The number of aromatic nitrogens is 3. The van der Waals surface area contributed by atoms with Crippen LogP contribution in [0.25, 0.3) is 11.4 Å². The molecule has 0 aliphatic carbocycles. The lowest BCUT2D eigenvalue weighted by molar-refractivity contribution is -0.125. The average Bonchev–Trinajstić information content (AvgIpc) is 3.12. The highest BCUT2D eigenvalue weighted by atomic mass is 16.5. The minimum Gasteiger partial charge on any atom is -0.497 e. The van der Waals surface area contributed by atoms with E-state index in [0.717, 1.165) is 11.3 Å². The fourth-order valence-corrected chi connectivity index (χ4v) is 2.88. The van der Waals surface area contributed by atoms with Gasteiger partial charge < -0.3 is 10.1 Å². The summed E-state index contributed by atoms with van der Waals surface area (Å²) in [6, 6.07) is 15.5. The topological polar surface area (TPSA) is 98.1 Å². The molecule has 8 heteroatoms. The average molecular weight is 363 g/mol. The molecule has 27 heavy (non-hydrogen) atoms. The van der Waals surface area contributed by atoms with Crippen LogP contribution in [0.1, 0.15) is 12.5 Å². The molecule has 0 bridgehead atoms. The molecule has 0 radical (unpaired) electrons. The van der Waals surface area contributed by atoms with E-state index in [1.54, 1.807) is 31.4 Å². The molecule has 0 saturated carbocycles. The Balaban J connectivity index is 1.63. The molecular formula is C19H17N5O3. The van der Waals surface area contributed by atoms with Gasteiger partial charge in [0.2, 0.25) is 17.8 Å². The Morgan fingerprint density at radius 3 is 2.63 bits per heavy atom. The van der Waals surface area contributed by atoms with Crippen molar-refractivity contribution in [3.8, 4) is 17.1 Å². The maximum atomic E-state index is 12.7. The zero-order chi connectivity index (χ0) is 18.8. The van der Waals surface area contributed by atoms with E-state index in [-0.39, 0.29) is 24.2 Å². The lowest BCUT2D eigenvalue weighted by Crippen LogP contribution is -2.36. The molecule has 8 nitrogen and oxygen atoms in total. The monoisotopic (exact) mass is 363 g/mol. The van der Waals surface area contributed by atoms with Crippen molar-refractivity contribution in [1.82, 2.24) is 14.8 Å². The summed E-state index contributed by atoms with van der Waals surface area (Å²) in [5.74, 6) is 0.807. The summed E-state index contributed by atoms with van der Waals surface area (Å²) >= 11 is 0. The van der Waals surface area contributed by atoms with Crippen molar-refractivity contribution in [2.45, 2.75) is 12.5 Å². The van der Waals surface area contributed by atoms with Gasteiger partial charge in [-0.15, -0.1) is 5.10 Å². The van der Waals surface area contributed by atoms with Gasteiger partial charge in [0.05, 0.1) is 13.5 Å². The van der Waals surface area contributed by atoms with E-state index < -0.39 is 6.04 Å². The smallest absolute Gasteiger partial charge is 0.249 e. The van der Waals surface area contributed by atoms with E-state index >= 15 is 0 Å². The Kier molecular flexibility index (Phi) is 4.29. The van der Waals surface area contributed by atoms with Crippen LogP contribution in [0.2, 0.25) is 0 Å². The first-order chi connectivity index (χ1) is 13.1. The van der Waals surface area contributed by atoms with Crippen LogP contribution in [0.15, 0.2) is 54.6 Å². The third kappa shape index (κ3) is 3.37. The molecule has 1 atom stereocenters. The Morgan fingerprint density at radius 1 is 1.19 bits per heavy atom.